The highest BCUT2D eigenvalue weighted by Gasteiger charge is 2.41. The second-order valence-electron chi connectivity index (χ2n) is 3.43. The second kappa shape index (κ2) is 4.22. The minimum atomic E-state index is -1.40. The summed E-state index contributed by atoms with van der Waals surface area (Å²) in [6.45, 7) is 1.49. The summed E-state index contributed by atoms with van der Waals surface area (Å²) in [7, 11) is 0. The van der Waals surface area contributed by atoms with E-state index in [2.05, 4.69) is 0 Å². The summed E-state index contributed by atoms with van der Waals surface area (Å²) in [5.74, 6) is -1.37. The smallest absolute Gasteiger partial charge is 0.111 e. The summed E-state index contributed by atoms with van der Waals surface area (Å²) < 4.78 is 5.01. The highest BCUT2D eigenvalue weighted by atomic mass is 16.5. The number of ether oxygens (including phenoxy) is 1. The Hall–Kier alpha value is -0.690. The van der Waals surface area contributed by atoms with Crippen molar-refractivity contribution < 1.29 is 30.0 Å². The van der Waals surface area contributed by atoms with Crippen molar-refractivity contribution in [2.24, 2.45) is 0 Å². The third kappa shape index (κ3) is 2.21. The quantitative estimate of drug-likeness (QED) is 0.443. The van der Waals surface area contributed by atoms with Gasteiger partial charge in [0, 0.05) is 12.4 Å². The average molecular weight is 205 g/mol. The summed E-state index contributed by atoms with van der Waals surface area (Å²) in [6, 6.07) is 0. The van der Waals surface area contributed by atoms with Crippen molar-refractivity contribution in [3.63, 3.8) is 0 Å². The Bertz CT molecular complexity index is 218. The highest BCUT2D eigenvalue weighted by Crippen LogP contribution is 2.22. The van der Waals surface area contributed by atoms with Gasteiger partial charge >= 0.3 is 0 Å². The standard InChI is InChI=1S/C8H14O6/c1-3-6(11)8(13)7(12)4(14-3)2-5(9)10/h3-4,6-8,11-13H,2H2,1H3,(H,9,10)/p-1. The molecular weight excluding hydrogens is 192 g/mol. The number of aliphatic hydroxyl groups excluding tert-OH is 3. The van der Waals surface area contributed by atoms with E-state index < -0.39 is 42.9 Å². The van der Waals surface area contributed by atoms with Gasteiger partial charge in [0.15, 0.2) is 0 Å². The molecule has 1 aliphatic heterocycles. The molecule has 3 N–H and O–H groups in total. The van der Waals surface area contributed by atoms with Crippen LogP contribution in [-0.2, 0) is 9.53 Å². The van der Waals surface area contributed by atoms with Crippen molar-refractivity contribution in [3.05, 3.63) is 0 Å². The Labute approximate surface area is 80.7 Å². The van der Waals surface area contributed by atoms with Crippen molar-refractivity contribution in [3.8, 4) is 0 Å². The number of carbonyl (C=O) groups excluding carboxylic acids is 1. The summed E-state index contributed by atoms with van der Waals surface area (Å²) in [4.78, 5) is 10.3. The van der Waals surface area contributed by atoms with Gasteiger partial charge in [-0.25, -0.2) is 0 Å². The minimum Gasteiger partial charge on any atom is -0.550 e. The average Bonchev–Trinajstić information content (AvgIpc) is 2.10. The van der Waals surface area contributed by atoms with E-state index in [0.717, 1.165) is 0 Å². The molecular formula is C8H13O6-. The lowest BCUT2D eigenvalue weighted by Gasteiger charge is -2.39. The van der Waals surface area contributed by atoms with Crippen LogP contribution in [-0.4, -0.2) is 51.8 Å². The molecule has 1 saturated heterocycles. The SMILES string of the molecule is CC1OC(CC(=O)[O-])C(O)C(O)C1O. The lowest BCUT2D eigenvalue weighted by atomic mass is 9.94. The monoisotopic (exact) mass is 205 g/mol. The molecule has 1 heterocycles. The molecule has 0 spiro atoms. The molecule has 0 aromatic carbocycles. The largest absolute Gasteiger partial charge is 0.550 e. The fourth-order valence-electron chi connectivity index (χ4n) is 1.47. The normalized spacial score (nSPS) is 43.6. The third-order valence-electron chi connectivity index (χ3n) is 2.32. The van der Waals surface area contributed by atoms with Crippen LogP contribution in [0.2, 0.25) is 0 Å². The molecule has 0 aliphatic carbocycles. The Kier molecular flexibility index (Phi) is 3.43. The lowest BCUT2D eigenvalue weighted by molar-refractivity contribution is -0.312. The van der Waals surface area contributed by atoms with E-state index in [1.165, 1.54) is 6.92 Å². The van der Waals surface area contributed by atoms with E-state index >= 15 is 0 Å². The zero-order chi connectivity index (χ0) is 10.9. The highest BCUT2D eigenvalue weighted by molar-refractivity contribution is 5.65. The Balaban J connectivity index is 2.65. The maximum Gasteiger partial charge on any atom is 0.111 e. The van der Waals surface area contributed by atoms with Gasteiger partial charge in [-0.15, -0.1) is 0 Å². The molecule has 1 fully saturated rings. The molecule has 5 atom stereocenters. The molecule has 0 amide bonds. The molecule has 5 unspecified atom stereocenters. The van der Waals surface area contributed by atoms with E-state index in [-0.39, 0.29) is 0 Å². The predicted molar refractivity (Wildman–Crippen MR) is 42.0 cm³/mol. The van der Waals surface area contributed by atoms with E-state index in [1.54, 1.807) is 0 Å². The van der Waals surface area contributed by atoms with Crippen molar-refractivity contribution in [2.75, 3.05) is 0 Å². The first-order chi connectivity index (χ1) is 6.43. The van der Waals surface area contributed by atoms with Gasteiger partial charge < -0.3 is 30.0 Å². The number of hydrogen-bond acceptors (Lipinski definition) is 6. The van der Waals surface area contributed by atoms with Gasteiger partial charge in [0.1, 0.15) is 18.3 Å². The molecule has 1 aliphatic rings. The number of carboxylic acids is 1. The van der Waals surface area contributed by atoms with E-state index in [1.807, 2.05) is 0 Å². The number of rotatable bonds is 2. The first kappa shape index (κ1) is 11.4. The minimum absolute atomic E-state index is 0.505. The van der Waals surface area contributed by atoms with Gasteiger partial charge in [-0.2, -0.15) is 0 Å². The van der Waals surface area contributed by atoms with Gasteiger partial charge in [0.2, 0.25) is 0 Å². The zero-order valence-corrected chi connectivity index (χ0v) is 7.66. The van der Waals surface area contributed by atoms with Crippen LogP contribution in [0.1, 0.15) is 13.3 Å². The molecule has 0 saturated carbocycles. The first-order valence-electron chi connectivity index (χ1n) is 4.33. The Morgan fingerprint density at radius 1 is 1.29 bits per heavy atom. The molecule has 0 radical (unpaired) electrons. The number of aliphatic carboxylic acids is 1. The fraction of sp³-hybridized carbons (Fsp3) is 0.875. The first-order valence-corrected chi connectivity index (χ1v) is 4.33. The van der Waals surface area contributed by atoms with Crippen molar-refractivity contribution in [2.45, 2.75) is 43.9 Å². The molecule has 0 aromatic heterocycles. The van der Waals surface area contributed by atoms with E-state index in [4.69, 9.17) is 4.74 Å². The van der Waals surface area contributed by atoms with Gasteiger partial charge in [-0.1, -0.05) is 0 Å². The molecule has 6 heteroatoms. The maximum atomic E-state index is 10.3. The van der Waals surface area contributed by atoms with Gasteiger partial charge in [0.25, 0.3) is 0 Å². The number of carbonyl (C=O) groups is 1. The molecule has 6 nitrogen and oxygen atoms in total. The molecule has 1 rings (SSSR count). The number of aliphatic hydroxyl groups is 3. The van der Waals surface area contributed by atoms with Crippen LogP contribution in [0.3, 0.4) is 0 Å². The summed E-state index contributed by atoms with van der Waals surface area (Å²) in [6.07, 6.45) is -6.24. The lowest BCUT2D eigenvalue weighted by Crippen LogP contribution is -2.57. The zero-order valence-electron chi connectivity index (χ0n) is 7.66. The van der Waals surface area contributed by atoms with Gasteiger partial charge in [-0.3, -0.25) is 0 Å². The molecule has 0 aromatic rings. The molecule has 0 bridgehead atoms. The molecule has 14 heavy (non-hydrogen) atoms. The fourth-order valence-corrected chi connectivity index (χ4v) is 1.47. The summed E-state index contributed by atoms with van der Waals surface area (Å²) in [5, 5.41) is 38.2. The van der Waals surface area contributed by atoms with Crippen LogP contribution in [0.5, 0.6) is 0 Å². The third-order valence-corrected chi connectivity index (χ3v) is 2.32. The van der Waals surface area contributed by atoms with Crippen LogP contribution in [0.4, 0.5) is 0 Å². The van der Waals surface area contributed by atoms with Crippen LogP contribution in [0, 0.1) is 0 Å². The Morgan fingerprint density at radius 2 is 1.86 bits per heavy atom. The number of hydrogen-bond donors (Lipinski definition) is 3. The predicted octanol–water partition coefficient (Wildman–Crippen LogP) is -3.00. The maximum absolute atomic E-state index is 10.3. The summed E-state index contributed by atoms with van der Waals surface area (Å²) in [5.41, 5.74) is 0. The van der Waals surface area contributed by atoms with Crippen molar-refractivity contribution in [1.82, 2.24) is 0 Å². The van der Waals surface area contributed by atoms with Gasteiger partial charge in [-0.05, 0) is 6.92 Å². The van der Waals surface area contributed by atoms with Crippen LogP contribution >= 0.6 is 0 Å². The van der Waals surface area contributed by atoms with Gasteiger partial charge in [0.05, 0.1) is 12.2 Å². The van der Waals surface area contributed by atoms with E-state index in [9.17, 15) is 25.2 Å². The Morgan fingerprint density at radius 3 is 2.36 bits per heavy atom. The van der Waals surface area contributed by atoms with Crippen LogP contribution in [0.15, 0.2) is 0 Å². The topological polar surface area (TPSA) is 110 Å². The summed E-state index contributed by atoms with van der Waals surface area (Å²) >= 11 is 0. The van der Waals surface area contributed by atoms with E-state index in [0.29, 0.717) is 0 Å². The van der Waals surface area contributed by atoms with Crippen molar-refractivity contribution in [1.29, 1.82) is 0 Å². The van der Waals surface area contributed by atoms with Crippen molar-refractivity contribution >= 4 is 5.97 Å². The number of carboxylic acid groups (broad SMARTS) is 1. The van der Waals surface area contributed by atoms with Crippen LogP contribution in [0.25, 0.3) is 0 Å². The van der Waals surface area contributed by atoms with Crippen LogP contribution < -0.4 is 5.11 Å². The second-order valence-corrected chi connectivity index (χ2v) is 3.43. The molecule has 82 valence electrons.